The molecule has 1 N–H and O–H groups in total. The summed E-state index contributed by atoms with van der Waals surface area (Å²) >= 11 is 0. The molecule has 1 saturated heterocycles. The summed E-state index contributed by atoms with van der Waals surface area (Å²) < 4.78 is 38.3. The fourth-order valence-electron chi connectivity index (χ4n) is 2.51. The number of hydrogen-bond acceptors (Lipinski definition) is 1. The number of aryl methyl sites for hydroxylation is 1. The van der Waals surface area contributed by atoms with E-state index in [1.807, 2.05) is 26.0 Å². The SMILES string of the molecule is Cc1cccc(NC(=O)N2CCCC(C(F)(F)F)C2)c1C. The number of piperidine rings is 1. The molecule has 6 heteroatoms. The van der Waals surface area contributed by atoms with E-state index in [4.69, 9.17) is 0 Å². The Morgan fingerprint density at radius 3 is 2.71 bits per heavy atom. The van der Waals surface area contributed by atoms with Crippen molar-refractivity contribution in [3.05, 3.63) is 29.3 Å². The number of carbonyl (C=O) groups excluding carboxylic acids is 1. The third kappa shape index (κ3) is 3.68. The molecule has 2 rings (SSSR count). The largest absolute Gasteiger partial charge is 0.393 e. The highest BCUT2D eigenvalue weighted by Crippen LogP contribution is 2.33. The molecule has 0 saturated carbocycles. The maximum atomic E-state index is 12.8. The normalized spacial score (nSPS) is 19.5. The van der Waals surface area contributed by atoms with Crippen LogP contribution in [0, 0.1) is 19.8 Å². The second kappa shape index (κ2) is 5.95. The van der Waals surface area contributed by atoms with Gasteiger partial charge in [-0.3, -0.25) is 0 Å². The van der Waals surface area contributed by atoms with Gasteiger partial charge < -0.3 is 10.2 Å². The smallest absolute Gasteiger partial charge is 0.324 e. The van der Waals surface area contributed by atoms with Crippen molar-refractivity contribution in [3.63, 3.8) is 0 Å². The lowest BCUT2D eigenvalue weighted by Gasteiger charge is -2.33. The number of alkyl halides is 3. The Morgan fingerprint density at radius 2 is 2.05 bits per heavy atom. The number of benzene rings is 1. The van der Waals surface area contributed by atoms with Crippen LogP contribution in [0.3, 0.4) is 0 Å². The number of nitrogens with one attached hydrogen (secondary N) is 1. The Labute approximate surface area is 122 Å². The van der Waals surface area contributed by atoms with E-state index in [9.17, 15) is 18.0 Å². The Hall–Kier alpha value is -1.72. The van der Waals surface area contributed by atoms with E-state index in [0.29, 0.717) is 18.7 Å². The minimum absolute atomic E-state index is 0.0940. The zero-order valence-electron chi connectivity index (χ0n) is 12.1. The standard InChI is InChI=1S/C15H19F3N2O/c1-10-5-3-7-13(11(10)2)19-14(21)20-8-4-6-12(9-20)15(16,17)18/h3,5,7,12H,4,6,8-9H2,1-2H3,(H,19,21). The summed E-state index contributed by atoms with van der Waals surface area (Å²) in [6.07, 6.45) is -3.76. The van der Waals surface area contributed by atoms with Gasteiger partial charge in [-0.15, -0.1) is 0 Å². The van der Waals surface area contributed by atoms with Crippen LogP contribution in [0.15, 0.2) is 18.2 Å². The van der Waals surface area contributed by atoms with Crippen LogP contribution in [-0.2, 0) is 0 Å². The molecule has 116 valence electrons. The quantitative estimate of drug-likeness (QED) is 0.831. The van der Waals surface area contributed by atoms with Crippen LogP contribution in [0.1, 0.15) is 24.0 Å². The molecule has 0 radical (unpaired) electrons. The molecule has 0 bridgehead atoms. The van der Waals surface area contributed by atoms with Crippen molar-refractivity contribution in [1.29, 1.82) is 0 Å². The van der Waals surface area contributed by atoms with Gasteiger partial charge in [-0.1, -0.05) is 12.1 Å². The van der Waals surface area contributed by atoms with Crippen LogP contribution in [0.4, 0.5) is 23.7 Å². The lowest BCUT2D eigenvalue weighted by Crippen LogP contribution is -2.46. The molecular formula is C15H19F3N2O. The monoisotopic (exact) mass is 300 g/mol. The predicted octanol–water partition coefficient (Wildman–Crippen LogP) is 4.11. The van der Waals surface area contributed by atoms with Gasteiger partial charge in [0.25, 0.3) is 0 Å². The molecule has 21 heavy (non-hydrogen) atoms. The fraction of sp³-hybridized carbons (Fsp3) is 0.533. The van der Waals surface area contributed by atoms with Gasteiger partial charge in [0.15, 0.2) is 0 Å². The minimum atomic E-state index is -4.24. The molecular weight excluding hydrogens is 281 g/mol. The minimum Gasteiger partial charge on any atom is -0.324 e. The highest BCUT2D eigenvalue weighted by molar-refractivity contribution is 5.90. The molecule has 2 amide bonds. The second-order valence-electron chi connectivity index (χ2n) is 5.50. The first-order chi connectivity index (χ1) is 9.79. The summed E-state index contributed by atoms with van der Waals surface area (Å²) in [5, 5.41) is 2.71. The van der Waals surface area contributed by atoms with Crippen LogP contribution in [-0.4, -0.2) is 30.2 Å². The number of rotatable bonds is 1. The average molecular weight is 300 g/mol. The van der Waals surface area contributed by atoms with E-state index < -0.39 is 18.1 Å². The van der Waals surface area contributed by atoms with Crippen molar-refractivity contribution in [2.24, 2.45) is 5.92 Å². The molecule has 1 aromatic carbocycles. The molecule has 0 spiro atoms. The van der Waals surface area contributed by atoms with Crippen LogP contribution >= 0.6 is 0 Å². The summed E-state index contributed by atoms with van der Waals surface area (Å²) in [4.78, 5) is 13.4. The zero-order chi connectivity index (χ0) is 15.6. The summed E-state index contributed by atoms with van der Waals surface area (Å²) in [6, 6.07) is 5.03. The van der Waals surface area contributed by atoms with E-state index in [2.05, 4.69) is 5.32 Å². The lowest BCUT2D eigenvalue weighted by atomic mass is 9.98. The van der Waals surface area contributed by atoms with Gasteiger partial charge in [0.05, 0.1) is 5.92 Å². The number of hydrogen-bond donors (Lipinski definition) is 1. The van der Waals surface area contributed by atoms with Gasteiger partial charge in [-0.25, -0.2) is 4.79 Å². The van der Waals surface area contributed by atoms with Gasteiger partial charge in [0.2, 0.25) is 0 Å². The lowest BCUT2D eigenvalue weighted by molar-refractivity contribution is -0.183. The van der Waals surface area contributed by atoms with Crippen molar-refractivity contribution < 1.29 is 18.0 Å². The third-order valence-electron chi connectivity index (χ3n) is 4.02. The van der Waals surface area contributed by atoms with E-state index in [0.717, 1.165) is 11.1 Å². The number of nitrogens with zero attached hydrogens (tertiary/aromatic N) is 1. The van der Waals surface area contributed by atoms with E-state index >= 15 is 0 Å². The highest BCUT2D eigenvalue weighted by Gasteiger charge is 2.42. The molecule has 1 aliphatic rings. The first kappa shape index (κ1) is 15.7. The number of halogens is 3. The summed E-state index contributed by atoms with van der Waals surface area (Å²) in [7, 11) is 0. The van der Waals surface area contributed by atoms with Gasteiger partial charge in [0, 0.05) is 18.8 Å². The second-order valence-corrected chi connectivity index (χ2v) is 5.50. The van der Waals surface area contributed by atoms with E-state index in [1.165, 1.54) is 4.90 Å². The molecule has 0 aromatic heterocycles. The number of carbonyl (C=O) groups is 1. The summed E-state index contributed by atoms with van der Waals surface area (Å²) in [5.41, 5.74) is 2.60. The maximum absolute atomic E-state index is 12.8. The topological polar surface area (TPSA) is 32.3 Å². The predicted molar refractivity (Wildman–Crippen MR) is 75.3 cm³/mol. The van der Waals surface area contributed by atoms with Crippen LogP contribution < -0.4 is 5.32 Å². The Balaban J connectivity index is 2.05. The number of anilines is 1. The van der Waals surface area contributed by atoms with Crippen molar-refractivity contribution in [2.45, 2.75) is 32.9 Å². The fourth-order valence-corrected chi connectivity index (χ4v) is 2.51. The van der Waals surface area contributed by atoms with E-state index in [-0.39, 0.29) is 13.0 Å². The number of amides is 2. The summed E-state index contributed by atoms with van der Waals surface area (Å²) in [5.74, 6) is -1.42. The number of urea groups is 1. The zero-order valence-corrected chi connectivity index (χ0v) is 12.1. The van der Waals surface area contributed by atoms with Gasteiger partial charge in [-0.2, -0.15) is 13.2 Å². The maximum Gasteiger partial charge on any atom is 0.393 e. The van der Waals surface area contributed by atoms with Crippen molar-refractivity contribution in [1.82, 2.24) is 4.90 Å². The first-order valence-electron chi connectivity index (χ1n) is 6.98. The van der Waals surface area contributed by atoms with Crippen LogP contribution in [0.5, 0.6) is 0 Å². The van der Waals surface area contributed by atoms with Crippen LogP contribution in [0.2, 0.25) is 0 Å². The van der Waals surface area contributed by atoms with Crippen molar-refractivity contribution in [3.8, 4) is 0 Å². The third-order valence-corrected chi connectivity index (χ3v) is 4.02. The van der Waals surface area contributed by atoms with Gasteiger partial charge >= 0.3 is 12.2 Å². The molecule has 1 fully saturated rings. The van der Waals surface area contributed by atoms with Gasteiger partial charge in [-0.05, 0) is 43.9 Å². The first-order valence-corrected chi connectivity index (χ1v) is 6.98. The van der Waals surface area contributed by atoms with Crippen molar-refractivity contribution in [2.75, 3.05) is 18.4 Å². The average Bonchev–Trinajstić information content (AvgIpc) is 2.43. The summed E-state index contributed by atoms with van der Waals surface area (Å²) in [6.45, 7) is 3.90. The Bertz CT molecular complexity index is 528. The van der Waals surface area contributed by atoms with Crippen LogP contribution in [0.25, 0.3) is 0 Å². The molecule has 1 unspecified atom stereocenters. The Morgan fingerprint density at radius 1 is 1.33 bits per heavy atom. The molecule has 1 aromatic rings. The van der Waals surface area contributed by atoms with Gasteiger partial charge in [0.1, 0.15) is 0 Å². The Kier molecular flexibility index (Phi) is 4.44. The van der Waals surface area contributed by atoms with Crippen molar-refractivity contribution >= 4 is 11.7 Å². The van der Waals surface area contributed by atoms with E-state index in [1.54, 1.807) is 6.07 Å². The molecule has 0 aliphatic carbocycles. The molecule has 1 heterocycles. The molecule has 1 aliphatic heterocycles. The molecule has 3 nitrogen and oxygen atoms in total. The molecule has 1 atom stereocenters. The number of likely N-dealkylation sites (tertiary alicyclic amines) is 1. The highest BCUT2D eigenvalue weighted by atomic mass is 19.4.